The highest BCUT2D eigenvalue weighted by molar-refractivity contribution is 5.91. The number of carbonyl (C=O) groups excluding carboxylic acids is 1. The van der Waals surface area contributed by atoms with Crippen LogP contribution in [0.25, 0.3) is 11.1 Å². The SMILES string of the molecule is Cc1ccc(-c2ccc(C(=O)Oc3ccc(CC(F)(F)F)c(F)c3)cc2)cc1. The second kappa shape index (κ2) is 7.84. The van der Waals surface area contributed by atoms with Gasteiger partial charge in [0.2, 0.25) is 0 Å². The lowest BCUT2D eigenvalue weighted by atomic mass is 10.0. The van der Waals surface area contributed by atoms with Crippen molar-refractivity contribution in [1.29, 1.82) is 0 Å². The van der Waals surface area contributed by atoms with Crippen molar-refractivity contribution in [2.75, 3.05) is 0 Å². The van der Waals surface area contributed by atoms with Crippen molar-refractivity contribution in [3.63, 3.8) is 0 Å². The van der Waals surface area contributed by atoms with Crippen LogP contribution in [0.4, 0.5) is 17.6 Å². The van der Waals surface area contributed by atoms with Crippen LogP contribution >= 0.6 is 0 Å². The van der Waals surface area contributed by atoms with E-state index < -0.39 is 29.9 Å². The lowest BCUT2D eigenvalue weighted by Gasteiger charge is -2.10. The average molecular weight is 388 g/mol. The number of carbonyl (C=O) groups is 1. The number of halogens is 4. The molecule has 144 valence electrons. The van der Waals surface area contributed by atoms with Gasteiger partial charge in [0.25, 0.3) is 0 Å². The van der Waals surface area contributed by atoms with Gasteiger partial charge in [0.1, 0.15) is 11.6 Å². The summed E-state index contributed by atoms with van der Waals surface area (Å²) < 4.78 is 56.0. The van der Waals surface area contributed by atoms with E-state index in [4.69, 9.17) is 4.74 Å². The summed E-state index contributed by atoms with van der Waals surface area (Å²) in [4.78, 5) is 12.2. The van der Waals surface area contributed by atoms with E-state index in [9.17, 15) is 22.4 Å². The monoisotopic (exact) mass is 388 g/mol. The molecule has 3 aromatic carbocycles. The first-order chi connectivity index (χ1) is 13.2. The van der Waals surface area contributed by atoms with Crippen molar-refractivity contribution < 1.29 is 27.1 Å². The molecule has 0 bridgehead atoms. The summed E-state index contributed by atoms with van der Waals surface area (Å²) in [5.74, 6) is -1.95. The standard InChI is InChI=1S/C22H16F4O2/c1-14-2-4-15(5-3-14)16-6-8-17(9-7-16)21(27)28-19-11-10-18(20(23)12-19)13-22(24,25)26/h2-12H,13H2,1H3. The van der Waals surface area contributed by atoms with E-state index in [1.165, 1.54) is 0 Å². The Balaban J connectivity index is 1.71. The number of aryl methyl sites for hydroxylation is 1. The maximum Gasteiger partial charge on any atom is 0.393 e. The van der Waals surface area contributed by atoms with Gasteiger partial charge in [-0.15, -0.1) is 0 Å². The molecule has 0 saturated heterocycles. The number of hydrogen-bond donors (Lipinski definition) is 0. The Labute approximate surface area is 159 Å². The van der Waals surface area contributed by atoms with Gasteiger partial charge in [-0.2, -0.15) is 13.2 Å². The zero-order chi connectivity index (χ0) is 20.3. The van der Waals surface area contributed by atoms with Gasteiger partial charge in [-0.25, -0.2) is 9.18 Å². The molecule has 0 atom stereocenters. The van der Waals surface area contributed by atoms with Gasteiger partial charge in [-0.1, -0.05) is 48.0 Å². The molecule has 0 heterocycles. The van der Waals surface area contributed by atoms with Crippen molar-refractivity contribution in [1.82, 2.24) is 0 Å². The van der Waals surface area contributed by atoms with Crippen LogP contribution in [0.15, 0.2) is 66.7 Å². The van der Waals surface area contributed by atoms with Crippen molar-refractivity contribution in [2.45, 2.75) is 19.5 Å². The molecule has 3 aromatic rings. The van der Waals surface area contributed by atoms with Crippen LogP contribution in [-0.2, 0) is 6.42 Å². The number of rotatable bonds is 4. The molecule has 0 N–H and O–H groups in total. The maximum atomic E-state index is 13.8. The Kier molecular flexibility index (Phi) is 5.49. The third-order valence-corrected chi connectivity index (χ3v) is 4.13. The van der Waals surface area contributed by atoms with Crippen molar-refractivity contribution >= 4 is 5.97 Å². The lowest BCUT2D eigenvalue weighted by Crippen LogP contribution is -2.13. The van der Waals surface area contributed by atoms with Gasteiger partial charge < -0.3 is 4.74 Å². The molecule has 2 nitrogen and oxygen atoms in total. The fourth-order valence-electron chi connectivity index (χ4n) is 2.66. The van der Waals surface area contributed by atoms with E-state index in [1.807, 2.05) is 31.2 Å². The highest BCUT2D eigenvalue weighted by Gasteiger charge is 2.29. The highest BCUT2D eigenvalue weighted by atomic mass is 19.4. The Bertz CT molecular complexity index is 975. The first kappa shape index (κ1) is 19.6. The fraction of sp³-hybridized carbons (Fsp3) is 0.136. The number of alkyl halides is 3. The van der Waals surface area contributed by atoms with Crippen LogP contribution in [-0.4, -0.2) is 12.1 Å². The summed E-state index contributed by atoms with van der Waals surface area (Å²) in [5, 5.41) is 0. The minimum Gasteiger partial charge on any atom is -0.423 e. The van der Waals surface area contributed by atoms with Crippen LogP contribution in [0.2, 0.25) is 0 Å². The van der Waals surface area contributed by atoms with Gasteiger partial charge >= 0.3 is 12.1 Å². The third kappa shape index (κ3) is 4.97. The maximum absolute atomic E-state index is 13.8. The Morgan fingerprint density at radius 3 is 2.00 bits per heavy atom. The van der Waals surface area contributed by atoms with Gasteiger partial charge in [0, 0.05) is 6.07 Å². The Morgan fingerprint density at radius 2 is 1.46 bits per heavy atom. The Hall–Kier alpha value is -3.15. The largest absolute Gasteiger partial charge is 0.423 e. The molecule has 3 rings (SSSR count). The van der Waals surface area contributed by atoms with E-state index >= 15 is 0 Å². The number of benzene rings is 3. The molecule has 0 aliphatic carbocycles. The van der Waals surface area contributed by atoms with Crippen molar-refractivity contribution in [3.8, 4) is 16.9 Å². The zero-order valence-electron chi connectivity index (χ0n) is 14.9. The van der Waals surface area contributed by atoms with Crippen molar-refractivity contribution in [3.05, 3.63) is 89.2 Å². The normalized spacial score (nSPS) is 11.3. The van der Waals surface area contributed by atoms with Crippen LogP contribution in [0.1, 0.15) is 21.5 Å². The molecular formula is C22H16F4O2. The van der Waals surface area contributed by atoms with E-state index in [2.05, 4.69) is 0 Å². The van der Waals surface area contributed by atoms with Crippen LogP contribution < -0.4 is 4.74 Å². The summed E-state index contributed by atoms with van der Waals surface area (Å²) in [6, 6.07) is 17.4. The highest BCUT2D eigenvalue weighted by Crippen LogP contribution is 2.26. The molecule has 28 heavy (non-hydrogen) atoms. The fourth-order valence-corrected chi connectivity index (χ4v) is 2.66. The van der Waals surface area contributed by atoms with Gasteiger partial charge in [0.15, 0.2) is 0 Å². The summed E-state index contributed by atoms with van der Waals surface area (Å²) in [5.41, 5.74) is 2.79. The number of hydrogen-bond acceptors (Lipinski definition) is 2. The first-order valence-electron chi connectivity index (χ1n) is 8.46. The predicted molar refractivity (Wildman–Crippen MR) is 97.7 cm³/mol. The van der Waals surface area contributed by atoms with E-state index in [1.54, 1.807) is 24.3 Å². The van der Waals surface area contributed by atoms with Crippen molar-refractivity contribution in [2.24, 2.45) is 0 Å². The number of ether oxygens (including phenoxy) is 1. The zero-order valence-corrected chi connectivity index (χ0v) is 14.9. The summed E-state index contributed by atoms with van der Waals surface area (Å²) in [6.45, 7) is 1.99. The van der Waals surface area contributed by atoms with E-state index in [0.29, 0.717) is 0 Å². The third-order valence-electron chi connectivity index (χ3n) is 4.13. The molecule has 0 spiro atoms. The van der Waals surface area contributed by atoms with Crippen LogP contribution in [0.5, 0.6) is 5.75 Å². The molecule has 0 saturated carbocycles. The first-order valence-corrected chi connectivity index (χ1v) is 8.46. The van der Waals surface area contributed by atoms with E-state index in [0.717, 1.165) is 34.9 Å². The minimum absolute atomic E-state index is 0.156. The smallest absolute Gasteiger partial charge is 0.393 e. The molecule has 0 amide bonds. The van der Waals surface area contributed by atoms with Gasteiger partial charge in [-0.3, -0.25) is 0 Å². The molecular weight excluding hydrogens is 372 g/mol. The van der Waals surface area contributed by atoms with Gasteiger partial charge in [-0.05, 0) is 41.8 Å². The molecule has 0 radical (unpaired) electrons. The molecule has 6 heteroatoms. The molecule has 0 aromatic heterocycles. The van der Waals surface area contributed by atoms with Crippen LogP contribution in [0, 0.1) is 12.7 Å². The molecule has 0 aliphatic heterocycles. The summed E-state index contributed by atoms with van der Waals surface area (Å²) in [7, 11) is 0. The lowest BCUT2D eigenvalue weighted by molar-refractivity contribution is -0.127. The second-order valence-corrected chi connectivity index (χ2v) is 6.38. The number of esters is 1. The minimum atomic E-state index is -4.52. The van der Waals surface area contributed by atoms with Gasteiger partial charge in [0.05, 0.1) is 12.0 Å². The molecule has 0 unspecified atom stereocenters. The van der Waals surface area contributed by atoms with E-state index in [-0.39, 0.29) is 11.3 Å². The quantitative estimate of drug-likeness (QED) is 0.306. The average Bonchev–Trinajstić information content (AvgIpc) is 2.64. The molecule has 0 fully saturated rings. The second-order valence-electron chi connectivity index (χ2n) is 6.38. The molecule has 0 aliphatic rings. The summed E-state index contributed by atoms with van der Waals surface area (Å²) in [6.07, 6.45) is -5.90. The predicted octanol–water partition coefficient (Wildman–Crippen LogP) is 6.13. The summed E-state index contributed by atoms with van der Waals surface area (Å²) >= 11 is 0. The Morgan fingerprint density at radius 1 is 0.893 bits per heavy atom. The topological polar surface area (TPSA) is 26.3 Å². The van der Waals surface area contributed by atoms with Crippen LogP contribution in [0.3, 0.4) is 0 Å².